The zero-order chi connectivity index (χ0) is 15.1. The van der Waals surface area contributed by atoms with Crippen molar-refractivity contribution in [3.8, 4) is 11.8 Å². The maximum absolute atomic E-state index is 13.7. The van der Waals surface area contributed by atoms with Crippen LogP contribution in [-0.4, -0.2) is 61.7 Å². The standard InChI is InChI=1S/C15H19FN2O2/c1-17(2)8-9-18(3)15(20)13-7-6-12(5-4-10-19)14(16)11-13/h6-7,11,19H,8-10H2,1-3H3. The number of aliphatic hydroxyl groups excluding tert-OH is 1. The van der Waals surface area contributed by atoms with Crippen LogP contribution in [0, 0.1) is 17.7 Å². The molecule has 1 N–H and O–H groups in total. The van der Waals surface area contributed by atoms with E-state index in [9.17, 15) is 9.18 Å². The first-order valence-corrected chi connectivity index (χ1v) is 6.25. The van der Waals surface area contributed by atoms with Crippen molar-refractivity contribution in [1.82, 2.24) is 9.80 Å². The largest absolute Gasteiger partial charge is 0.384 e. The average molecular weight is 278 g/mol. The van der Waals surface area contributed by atoms with Crippen LogP contribution in [-0.2, 0) is 0 Å². The van der Waals surface area contributed by atoms with Crippen LogP contribution in [0.25, 0.3) is 0 Å². The van der Waals surface area contributed by atoms with Gasteiger partial charge in [0.2, 0.25) is 0 Å². The highest BCUT2D eigenvalue weighted by Gasteiger charge is 2.13. The lowest BCUT2D eigenvalue weighted by molar-refractivity contribution is 0.0786. The second kappa shape index (κ2) is 7.63. The second-order valence-electron chi connectivity index (χ2n) is 4.68. The molecule has 1 rings (SSSR count). The molecular formula is C15H19FN2O2. The van der Waals surface area contributed by atoms with E-state index in [1.807, 2.05) is 19.0 Å². The van der Waals surface area contributed by atoms with Gasteiger partial charge in [0.05, 0.1) is 5.56 Å². The summed E-state index contributed by atoms with van der Waals surface area (Å²) in [6.07, 6.45) is 0. The summed E-state index contributed by atoms with van der Waals surface area (Å²) in [5.74, 6) is 4.08. The van der Waals surface area contributed by atoms with Crippen LogP contribution >= 0.6 is 0 Å². The van der Waals surface area contributed by atoms with Gasteiger partial charge < -0.3 is 14.9 Å². The van der Waals surface area contributed by atoms with Crippen molar-refractivity contribution in [3.05, 3.63) is 35.1 Å². The molecule has 0 aliphatic rings. The van der Waals surface area contributed by atoms with Gasteiger partial charge in [-0.25, -0.2) is 4.39 Å². The summed E-state index contributed by atoms with van der Waals surface area (Å²) in [6.45, 7) is 0.984. The molecule has 0 unspecified atom stereocenters. The smallest absolute Gasteiger partial charge is 0.253 e. The number of carbonyl (C=O) groups is 1. The first-order chi connectivity index (χ1) is 9.45. The minimum atomic E-state index is -0.558. The number of rotatable bonds is 4. The molecule has 4 nitrogen and oxygen atoms in total. The quantitative estimate of drug-likeness (QED) is 0.829. The summed E-state index contributed by atoms with van der Waals surface area (Å²) < 4.78 is 13.7. The number of benzene rings is 1. The minimum absolute atomic E-state index is 0.173. The van der Waals surface area contributed by atoms with E-state index in [0.29, 0.717) is 12.1 Å². The van der Waals surface area contributed by atoms with Gasteiger partial charge in [-0.3, -0.25) is 4.79 Å². The second-order valence-corrected chi connectivity index (χ2v) is 4.68. The van der Waals surface area contributed by atoms with Crippen molar-refractivity contribution >= 4 is 5.91 Å². The molecule has 0 heterocycles. The minimum Gasteiger partial charge on any atom is -0.384 e. The molecule has 0 spiro atoms. The molecule has 1 aromatic rings. The van der Waals surface area contributed by atoms with Gasteiger partial charge in [-0.1, -0.05) is 11.8 Å². The fraction of sp³-hybridized carbons (Fsp3) is 0.400. The van der Waals surface area contributed by atoms with Crippen molar-refractivity contribution in [2.45, 2.75) is 0 Å². The first-order valence-electron chi connectivity index (χ1n) is 6.25. The van der Waals surface area contributed by atoms with Gasteiger partial charge in [-0.05, 0) is 32.3 Å². The zero-order valence-corrected chi connectivity index (χ0v) is 12.0. The Bertz CT molecular complexity index is 532. The van der Waals surface area contributed by atoms with E-state index in [-0.39, 0.29) is 18.1 Å². The van der Waals surface area contributed by atoms with Crippen LogP contribution in [0.1, 0.15) is 15.9 Å². The third-order valence-electron chi connectivity index (χ3n) is 2.75. The van der Waals surface area contributed by atoms with Crippen LogP contribution in [0.3, 0.4) is 0 Å². The fourth-order valence-electron chi connectivity index (χ4n) is 1.56. The van der Waals surface area contributed by atoms with E-state index in [4.69, 9.17) is 5.11 Å². The van der Waals surface area contributed by atoms with Crippen molar-refractivity contribution in [3.63, 3.8) is 0 Å². The summed E-state index contributed by atoms with van der Waals surface area (Å²) >= 11 is 0. The molecule has 0 radical (unpaired) electrons. The summed E-state index contributed by atoms with van der Waals surface area (Å²) in [7, 11) is 5.53. The van der Waals surface area contributed by atoms with Crippen molar-refractivity contribution in [2.24, 2.45) is 0 Å². The molecule has 0 bridgehead atoms. The molecule has 0 aromatic heterocycles. The van der Waals surface area contributed by atoms with Crippen LogP contribution in [0.2, 0.25) is 0 Å². The molecule has 108 valence electrons. The number of amides is 1. The molecule has 0 saturated heterocycles. The molecule has 1 amide bonds. The van der Waals surface area contributed by atoms with Crippen molar-refractivity contribution in [2.75, 3.05) is 40.8 Å². The van der Waals surface area contributed by atoms with E-state index < -0.39 is 5.82 Å². The number of aliphatic hydroxyl groups is 1. The first kappa shape index (κ1) is 16.2. The topological polar surface area (TPSA) is 43.8 Å². The molecule has 0 aliphatic carbocycles. The Labute approximate surface area is 118 Å². The third kappa shape index (κ3) is 4.65. The van der Waals surface area contributed by atoms with Gasteiger partial charge in [0.1, 0.15) is 12.4 Å². The highest BCUT2D eigenvalue weighted by Crippen LogP contribution is 2.11. The molecule has 20 heavy (non-hydrogen) atoms. The van der Waals surface area contributed by atoms with Crippen molar-refractivity contribution < 1.29 is 14.3 Å². The Kier molecular flexibility index (Phi) is 6.16. The van der Waals surface area contributed by atoms with Gasteiger partial charge >= 0.3 is 0 Å². The Morgan fingerprint density at radius 2 is 2.00 bits per heavy atom. The lowest BCUT2D eigenvalue weighted by Crippen LogP contribution is -2.33. The number of hydrogen-bond acceptors (Lipinski definition) is 3. The summed E-state index contributed by atoms with van der Waals surface area (Å²) in [4.78, 5) is 15.6. The van der Waals surface area contributed by atoms with Crippen LogP contribution in [0.4, 0.5) is 4.39 Å². The van der Waals surface area contributed by atoms with Gasteiger partial charge in [-0.2, -0.15) is 0 Å². The summed E-state index contributed by atoms with van der Waals surface area (Å²) in [6, 6.07) is 4.17. The maximum atomic E-state index is 13.7. The lowest BCUT2D eigenvalue weighted by Gasteiger charge is -2.19. The Balaban J connectivity index is 2.81. The van der Waals surface area contributed by atoms with Gasteiger partial charge in [0.15, 0.2) is 0 Å². The van der Waals surface area contributed by atoms with E-state index in [0.717, 1.165) is 6.54 Å². The van der Waals surface area contributed by atoms with E-state index >= 15 is 0 Å². The SMILES string of the molecule is CN(C)CCN(C)C(=O)c1ccc(C#CCO)c(F)c1. The molecule has 1 aromatic carbocycles. The fourth-order valence-corrected chi connectivity index (χ4v) is 1.56. The van der Waals surface area contributed by atoms with Crippen LogP contribution in [0.15, 0.2) is 18.2 Å². The van der Waals surface area contributed by atoms with E-state index in [1.165, 1.54) is 12.1 Å². The van der Waals surface area contributed by atoms with E-state index in [1.54, 1.807) is 18.0 Å². The highest BCUT2D eigenvalue weighted by atomic mass is 19.1. The highest BCUT2D eigenvalue weighted by molar-refractivity contribution is 5.94. The monoisotopic (exact) mass is 278 g/mol. The summed E-state index contributed by atoms with van der Waals surface area (Å²) in [5, 5.41) is 8.58. The molecule has 0 fully saturated rings. The van der Waals surface area contributed by atoms with Gasteiger partial charge in [0, 0.05) is 25.7 Å². The molecule has 0 aliphatic heterocycles. The Morgan fingerprint density at radius 1 is 1.30 bits per heavy atom. The average Bonchev–Trinajstić information content (AvgIpc) is 2.42. The third-order valence-corrected chi connectivity index (χ3v) is 2.75. The summed E-state index contributed by atoms with van der Waals surface area (Å²) in [5.41, 5.74) is 0.463. The Morgan fingerprint density at radius 3 is 2.55 bits per heavy atom. The molecule has 0 saturated carbocycles. The number of nitrogens with zero attached hydrogens (tertiary/aromatic N) is 2. The predicted molar refractivity (Wildman–Crippen MR) is 75.9 cm³/mol. The maximum Gasteiger partial charge on any atom is 0.253 e. The lowest BCUT2D eigenvalue weighted by atomic mass is 10.1. The van der Waals surface area contributed by atoms with E-state index in [2.05, 4.69) is 11.8 Å². The predicted octanol–water partition coefficient (Wildman–Crippen LogP) is 0.803. The Hall–Kier alpha value is -1.90. The van der Waals surface area contributed by atoms with Gasteiger partial charge in [-0.15, -0.1) is 0 Å². The van der Waals surface area contributed by atoms with Crippen LogP contribution < -0.4 is 0 Å². The molecule has 0 atom stereocenters. The number of hydrogen-bond donors (Lipinski definition) is 1. The van der Waals surface area contributed by atoms with Crippen LogP contribution in [0.5, 0.6) is 0 Å². The number of halogens is 1. The van der Waals surface area contributed by atoms with Gasteiger partial charge in [0.25, 0.3) is 5.91 Å². The normalized spacial score (nSPS) is 10.1. The van der Waals surface area contributed by atoms with Crippen molar-refractivity contribution in [1.29, 1.82) is 0 Å². The molecule has 5 heteroatoms. The molecular weight excluding hydrogens is 259 g/mol. The zero-order valence-electron chi connectivity index (χ0n) is 12.0. The number of carbonyl (C=O) groups excluding carboxylic acids is 1. The number of likely N-dealkylation sites (N-methyl/N-ethyl adjacent to an activating group) is 2.